The molecule has 1 aliphatic rings. The Balaban J connectivity index is 1.39. The molecule has 1 unspecified atom stereocenters. The highest BCUT2D eigenvalue weighted by atomic mass is 16.1. The van der Waals surface area contributed by atoms with Crippen molar-refractivity contribution in [1.29, 1.82) is 0 Å². The molecular formula is C23H28N6O. The SMILES string of the molecule is Cc1nn(C)c(C)c1CNC(=O)c1ccc(N2CCNC(c3ccccc3)C2)nc1. The smallest absolute Gasteiger partial charge is 0.253 e. The predicted octanol–water partition coefficient (Wildman–Crippen LogP) is 2.51. The fraction of sp³-hybridized carbons (Fsp3) is 0.348. The fourth-order valence-corrected chi connectivity index (χ4v) is 3.92. The van der Waals surface area contributed by atoms with Gasteiger partial charge in [0.1, 0.15) is 5.82 Å². The lowest BCUT2D eigenvalue weighted by molar-refractivity contribution is 0.0950. The van der Waals surface area contributed by atoms with E-state index in [2.05, 4.69) is 49.9 Å². The molecule has 3 aromatic rings. The summed E-state index contributed by atoms with van der Waals surface area (Å²) >= 11 is 0. The predicted molar refractivity (Wildman–Crippen MR) is 117 cm³/mol. The summed E-state index contributed by atoms with van der Waals surface area (Å²) in [4.78, 5) is 19.4. The molecule has 7 heteroatoms. The van der Waals surface area contributed by atoms with Gasteiger partial charge in [-0.05, 0) is 31.5 Å². The van der Waals surface area contributed by atoms with Crippen LogP contribution in [0.4, 0.5) is 5.82 Å². The number of piperazine rings is 1. The van der Waals surface area contributed by atoms with Gasteiger partial charge in [0, 0.05) is 56.7 Å². The van der Waals surface area contributed by atoms with E-state index in [9.17, 15) is 4.79 Å². The molecule has 1 aromatic carbocycles. The first-order valence-corrected chi connectivity index (χ1v) is 10.3. The number of hydrogen-bond donors (Lipinski definition) is 2. The van der Waals surface area contributed by atoms with Gasteiger partial charge in [-0.25, -0.2) is 4.98 Å². The molecule has 1 fully saturated rings. The number of nitrogens with zero attached hydrogens (tertiary/aromatic N) is 4. The van der Waals surface area contributed by atoms with Crippen LogP contribution in [0.25, 0.3) is 0 Å². The number of anilines is 1. The van der Waals surface area contributed by atoms with Crippen molar-refractivity contribution in [3.05, 3.63) is 76.7 Å². The fourth-order valence-electron chi connectivity index (χ4n) is 3.92. The number of nitrogens with one attached hydrogen (secondary N) is 2. The first-order chi connectivity index (χ1) is 14.5. The summed E-state index contributed by atoms with van der Waals surface area (Å²) in [5.74, 6) is 0.770. The average molecular weight is 405 g/mol. The number of rotatable bonds is 5. The third-order valence-electron chi connectivity index (χ3n) is 5.80. The highest BCUT2D eigenvalue weighted by Crippen LogP contribution is 2.21. The Bertz CT molecular complexity index is 1010. The van der Waals surface area contributed by atoms with Crippen LogP contribution in [-0.4, -0.2) is 40.3 Å². The first-order valence-electron chi connectivity index (χ1n) is 10.3. The maximum Gasteiger partial charge on any atom is 0.253 e. The zero-order chi connectivity index (χ0) is 21.1. The van der Waals surface area contributed by atoms with Crippen molar-refractivity contribution in [2.45, 2.75) is 26.4 Å². The number of carbonyl (C=O) groups excluding carboxylic acids is 1. The highest BCUT2D eigenvalue weighted by Gasteiger charge is 2.21. The highest BCUT2D eigenvalue weighted by molar-refractivity contribution is 5.94. The minimum atomic E-state index is -0.126. The largest absolute Gasteiger partial charge is 0.353 e. The van der Waals surface area contributed by atoms with Crippen LogP contribution in [0.2, 0.25) is 0 Å². The standard InChI is InChI=1S/C23H28N6O/c1-16-20(17(2)28(3)27-16)14-26-23(30)19-9-10-22(25-13-19)29-12-11-24-21(15-29)18-7-5-4-6-8-18/h4-10,13,21,24H,11-12,14-15H2,1-3H3,(H,26,30). The minimum Gasteiger partial charge on any atom is -0.353 e. The number of aromatic nitrogens is 3. The molecule has 2 aromatic heterocycles. The zero-order valence-electron chi connectivity index (χ0n) is 17.7. The average Bonchev–Trinajstić information content (AvgIpc) is 3.03. The van der Waals surface area contributed by atoms with Crippen LogP contribution in [0.3, 0.4) is 0 Å². The Morgan fingerprint density at radius 1 is 1.20 bits per heavy atom. The molecule has 4 rings (SSSR count). The van der Waals surface area contributed by atoms with Gasteiger partial charge in [0.15, 0.2) is 0 Å². The second-order valence-electron chi connectivity index (χ2n) is 7.72. The van der Waals surface area contributed by atoms with E-state index < -0.39 is 0 Å². The van der Waals surface area contributed by atoms with Crippen molar-refractivity contribution in [2.24, 2.45) is 7.05 Å². The van der Waals surface area contributed by atoms with Gasteiger partial charge in [0.2, 0.25) is 0 Å². The third kappa shape index (κ3) is 4.21. The van der Waals surface area contributed by atoms with Crippen LogP contribution in [-0.2, 0) is 13.6 Å². The van der Waals surface area contributed by atoms with E-state index in [0.717, 1.165) is 42.4 Å². The molecule has 156 valence electrons. The van der Waals surface area contributed by atoms with E-state index >= 15 is 0 Å². The maximum absolute atomic E-state index is 12.6. The van der Waals surface area contributed by atoms with Crippen LogP contribution < -0.4 is 15.5 Å². The maximum atomic E-state index is 12.6. The van der Waals surface area contributed by atoms with Gasteiger partial charge in [0.25, 0.3) is 5.91 Å². The molecule has 0 bridgehead atoms. The molecule has 0 saturated carbocycles. The summed E-state index contributed by atoms with van der Waals surface area (Å²) in [6.07, 6.45) is 1.66. The molecule has 1 amide bonds. The van der Waals surface area contributed by atoms with Crippen molar-refractivity contribution >= 4 is 11.7 Å². The summed E-state index contributed by atoms with van der Waals surface area (Å²) in [5, 5.41) is 10.9. The van der Waals surface area contributed by atoms with Crippen molar-refractivity contribution in [2.75, 3.05) is 24.5 Å². The molecule has 0 radical (unpaired) electrons. The van der Waals surface area contributed by atoms with Gasteiger partial charge in [-0.2, -0.15) is 5.10 Å². The third-order valence-corrected chi connectivity index (χ3v) is 5.80. The number of carbonyl (C=O) groups is 1. The molecular weight excluding hydrogens is 376 g/mol. The lowest BCUT2D eigenvalue weighted by Crippen LogP contribution is -2.46. The van der Waals surface area contributed by atoms with E-state index in [-0.39, 0.29) is 11.9 Å². The summed E-state index contributed by atoms with van der Waals surface area (Å²) in [5.41, 5.74) is 4.90. The number of benzene rings is 1. The molecule has 2 N–H and O–H groups in total. The summed E-state index contributed by atoms with van der Waals surface area (Å²) in [7, 11) is 1.91. The van der Waals surface area contributed by atoms with Crippen LogP contribution in [0.1, 0.15) is 38.9 Å². The van der Waals surface area contributed by atoms with Crippen LogP contribution in [0.15, 0.2) is 48.7 Å². The summed E-state index contributed by atoms with van der Waals surface area (Å²) in [6, 6.07) is 14.5. The number of aryl methyl sites for hydroxylation is 2. The van der Waals surface area contributed by atoms with Crippen molar-refractivity contribution in [3.8, 4) is 0 Å². The van der Waals surface area contributed by atoms with E-state index in [1.807, 2.05) is 43.8 Å². The van der Waals surface area contributed by atoms with Crippen molar-refractivity contribution in [3.63, 3.8) is 0 Å². The number of pyridine rings is 1. The van der Waals surface area contributed by atoms with E-state index in [1.54, 1.807) is 6.20 Å². The van der Waals surface area contributed by atoms with Gasteiger partial charge in [-0.1, -0.05) is 30.3 Å². The summed E-state index contributed by atoms with van der Waals surface area (Å²) in [6.45, 7) is 7.06. The molecule has 30 heavy (non-hydrogen) atoms. The topological polar surface area (TPSA) is 75.1 Å². The van der Waals surface area contributed by atoms with Crippen LogP contribution in [0, 0.1) is 13.8 Å². The lowest BCUT2D eigenvalue weighted by Gasteiger charge is -2.34. The lowest BCUT2D eigenvalue weighted by atomic mass is 10.0. The molecule has 3 heterocycles. The van der Waals surface area contributed by atoms with E-state index in [0.29, 0.717) is 12.1 Å². The van der Waals surface area contributed by atoms with Gasteiger partial charge in [-0.3, -0.25) is 9.48 Å². The molecule has 1 aliphatic heterocycles. The van der Waals surface area contributed by atoms with Gasteiger partial charge >= 0.3 is 0 Å². The van der Waals surface area contributed by atoms with Crippen LogP contribution in [0.5, 0.6) is 0 Å². The first kappa shape index (κ1) is 20.1. The normalized spacial score (nSPS) is 16.5. The second kappa shape index (κ2) is 8.67. The van der Waals surface area contributed by atoms with Crippen LogP contribution >= 0.6 is 0 Å². The van der Waals surface area contributed by atoms with Gasteiger partial charge in [-0.15, -0.1) is 0 Å². The number of amides is 1. The zero-order valence-corrected chi connectivity index (χ0v) is 17.7. The van der Waals surface area contributed by atoms with E-state index in [1.165, 1.54) is 5.56 Å². The number of hydrogen-bond acceptors (Lipinski definition) is 5. The molecule has 1 atom stereocenters. The molecule has 0 spiro atoms. The Kier molecular flexibility index (Phi) is 5.81. The van der Waals surface area contributed by atoms with Gasteiger partial charge in [0.05, 0.1) is 11.3 Å². The summed E-state index contributed by atoms with van der Waals surface area (Å²) < 4.78 is 1.84. The Labute approximate surface area is 177 Å². The minimum absolute atomic E-state index is 0.126. The Hall–Kier alpha value is -3.19. The second-order valence-corrected chi connectivity index (χ2v) is 7.72. The van der Waals surface area contributed by atoms with Crippen molar-refractivity contribution in [1.82, 2.24) is 25.4 Å². The molecule has 1 saturated heterocycles. The Morgan fingerprint density at radius 2 is 2.00 bits per heavy atom. The van der Waals surface area contributed by atoms with Crippen molar-refractivity contribution < 1.29 is 4.79 Å². The van der Waals surface area contributed by atoms with Gasteiger partial charge < -0.3 is 15.5 Å². The Morgan fingerprint density at radius 3 is 2.67 bits per heavy atom. The van der Waals surface area contributed by atoms with E-state index in [4.69, 9.17) is 0 Å². The molecule has 0 aliphatic carbocycles. The monoisotopic (exact) mass is 404 g/mol. The molecule has 7 nitrogen and oxygen atoms in total. The quantitative estimate of drug-likeness (QED) is 0.684.